The van der Waals surface area contributed by atoms with Crippen LogP contribution in [0.3, 0.4) is 0 Å². The van der Waals surface area contributed by atoms with Gasteiger partial charge in [0.2, 0.25) is 0 Å². The smallest absolute Gasteiger partial charge is 0.383 e. The van der Waals surface area contributed by atoms with Crippen molar-refractivity contribution in [2.45, 2.75) is 31.7 Å². The maximum atomic E-state index is 12.4. The van der Waals surface area contributed by atoms with Gasteiger partial charge in [0, 0.05) is 38.6 Å². The summed E-state index contributed by atoms with van der Waals surface area (Å²) in [5.41, 5.74) is 0. The number of carbonyl (C=O) groups excluding carboxylic acids is 1. The van der Waals surface area contributed by atoms with Crippen LogP contribution >= 0.6 is 0 Å². The first-order valence-electron chi connectivity index (χ1n) is 7.26. The number of hydrogen-bond acceptors (Lipinski definition) is 2. The molecule has 2 amide bonds. The molecule has 1 atom stereocenters. The lowest BCUT2D eigenvalue weighted by molar-refractivity contribution is -0.222. The zero-order valence-corrected chi connectivity index (χ0v) is 12.1. The Balaban J connectivity index is 1.70. The highest BCUT2D eigenvalue weighted by molar-refractivity contribution is 5.74. The normalized spacial score (nSPS) is 18.3. The Morgan fingerprint density at radius 1 is 1.27 bits per heavy atom. The van der Waals surface area contributed by atoms with Gasteiger partial charge in [0.1, 0.15) is 0 Å². The molecule has 1 saturated heterocycles. The standard InChI is InChI=1S/C14H20F3N3O2/c15-14(16,17)12(21)11-3-8-20(9-4-11)13(22)18-5-10-19-6-1-2-7-19/h1-2,6-7,11-12,21H,3-5,8-10H2,(H,18,22)/t12-/m0/s1. The molecule has 1 aliphatic heterocycles. The number of urea groups is 1. The first-order chi connectivity index (χ1) is 10.4. The average Bonchev–Trinajstić information content (AvgIpc) is 2.99. The lowest BCUT2D eigenvalue weighted by atomic mass is 9.91. The zero-order chi connectivity index (χ0) is 16.2. The SMILES string of the molecule is O=C(NCCn1cccc1)N1CCC([C@H](O)C(F)(F)F)CC1. The van der Waals surface area contributed by atoms with Gasteiger partial charge in [-0.15, -0.1) is 0 Å². The van der Waals surface area contributed by atoms with E-state index >= 15 is 0 Å². The van der Waals surface area contributed by atoms with E-state index in [-0.39, 0.29) is 32.0 Å². The molecular formula is C14H20F3N3O2. The zero-order valence-electron chi connectivity index (χ0n) is 12.1. The van der Waals surface area contributed by atoms with E-state index in [0.717, 1.165) is 0 Å². The fourth-order valence-electron chi connectivity index (χ4n) is 2.61. The highest BCUT2D eigenvalue weighted by atomic mass is 19.4. The lowest BCUT2D eigenvalue weighted by Gasteiger charge is -2.34. The molecule has 124 valence electrons. The van der Waals surface area contributed by atoms with Crippen LogP contribution in [0.15, 0.2) is 24.5 Å². The number of piperidine rings is 1. The molecule has 1 aliphatic rings. The second-order valence-electron chi connectivity index (χ2n) is 5.46. The van der Waals surface area contributed by atoms with E-state index in [1.165, 1.54) is 4.90 Å². The molecule has 0 unspecified atom stereocenters. The maximum Gasteiger partial charge on any atom is 0.414 e. The molecule has 0 aliphatic carbocycles. The quantitative estimate of drug-likeness (QED) is 0.889. The van der Waals surface area contributed by atoms with Crippen LogP contribution in [0, 0.1) is 5.92 Å². The summed E-state index contributed by atoms with van der Waals surface area (Å²) < 4.78 is 39.3. The van der Waals surface area contributed by atoms with Gasteiger partial charge in [-0.25, -0.2) is 4.79 Å². The van der Waals surface area contributed by atoms with Gasteiger partial charge in [0.05, 0.1) is 0 Å². The number of halogens is 3. The van der Waals surface area contributed by atoms with Crippen molar-refractivity contribution in [3.8, 4) is 0 Å². The van der Waals surface area contributed by atoms with Crippen LogP contribution in [0.1, 0.15) is 12.8 Å². The number of carbonyl (C=O) groups is 1. The van der Waals surface area contributed by atoms with Crippen molar-refractivity contribution in [3.63, 3.8) is 0 Å². The monoisotopic (exact) mass is 319 g/mol. The molecule has 0 saturated carbocycles. The fraction of sp³-hybridized carbons (Fsp3) is 0.643. The van der Waals surface area contributed by atoms with E-state index < -0.39 is 18.2 Å². The van der Waals surface area contributed by atoms with Crippen LogP contribution in [0.4, 0.5) is 18.0 Å². The molecule has 8 heteroatoms. The van der Waals surface area contributed by atoms with Crippen LogP contribution < -0.4 is 5.32 Å². The second kappa shape index (κ2) is 7.04. The number of rotatable bonds is 4. The fourth-order valence-corrected chi connectivity index (χ4v) is 2.61. The van der Waals surface area contributed by atoms with E-state index in [2.05, 4.69) is 5.32 Å². The lowest BCUT2D eigenvalue weighted by Crippen LogP contribution is -2.48. The molecule has 2 rings (SSSR count). The van der Waals surface area contributed by atoms with E-state index in [9.17, 15) is 23.1 Å². The van der Waals surface area contributed by atoms with Crippen LogP contribution in [-0.4, -0.2) is 52.5 Å². The molecular weight excluding hydrogens is 299 g/mol. The number of aromatic nitrogens is 1. The van der Waals surface area contributed by atoms with Gasteiger partial charge < -0.3 is 19.9 Å². The van der Waals surface area contributed by atoms with Gasteiger partial charge in [-0.05, 0) is 30.9 Å². The van der Waals surface area contributed by atoms with Crippen molar-refractivity contribution >= 4 is 6.03 Å². The number of likely N-dealkylation sites (tertiary alicyclic amines) is 1. The van der Waals surface area contributed by atoms with Crippen LogP contribution in [0.5, 0.6) is 0 Å². The Morgan fingerprint density at radius 3 is 2.41 bits per heavy atom. The summed E-state index contributed by atoms with van der Waals surface area (Å²) in [4.78, 5) is 13.4. The van der Waals surface area contributed by atoms with Crippen molar-refractivity contribution in [1.82, 2.24) is 14.8 Å². The maximum absolute atomic E-state index is 12.4. The molecule has 0 bridgehead atoms. The number of nitrogens with zero attached hydrogens (tertiary/aromatic N) is 2. The first kappa shape index (κ1) is 16.7. The minimum absolute atomic E-state index is 0.158. The van der Waals surface area contributed by atoms with Crippen molar-refractivity contribution in [2.75, 3.05) is 19.6 Å². The molecule has 22 heavy (non-hydrogen) atoms. The second-order valence-corrected chi connectivity index (χ2v) is 5.46. The van der Waals surface area contributed by atoms with Crippen LogP contribution in [0.25, 0.3) is 0 Å². The Morgan fingerprint density at radius 2 is 1.86 bits per heavy atom. The summed E-state index contributed by atoms with van der Waals surface area (Å²) in [5, 5.41) is 12.0. The number of nitrogens with one attached hydrogen (secondary N) is 1. The molecule has 1 fully saturated rings. The van der Waals surface area contributed by atoms with Crippen molar-refractivity contribution in [2.24, 2.45) is 5.92 Å². The number of hydrogen-bond donors (Lipinski definition) is 2. The van der Waals surface area contributed by atoms with Crippen molar-refractivity contribution in [1.29, 1.82) is 0 Å². The Labute approximate surface area is 126 Å². The Kier molecular flexibility index (Phi) is 5.33. The molecule has 0 radical (unpaired) electrons. The van der Waals surface area contributed by atoms with Gasteiger partial charge in [0.15, 0.2) is 6.10 Å². The largest absolute Gasteiger partial charge is 0.414 e. The highest BCUT2D eigenvalue weighted by Gasteiger charge is 2.44. The average molecular weight is 319 g/mol. The summed E-state index contributed by atoms with van der Waals surface area (Å²) in [6.45, 7) is 1.56. The summed E-state index contributed by atoms with van der Waals surface area (Å²) in [7, 11) is 0. The molecule has 2 N–H and O–H groups in total. The first-order valence-corrected chi connectivity index (χ1v) is 7.26. The third-order valence-electron chi connectivity index (χ3n) is 3.92. The third kappa shape index (κ3) is 4.40. The van der Waals surface area contributed by atoms with Crippen LogP contribution in [0.2, 0.25) is 0 Å². The summed E-state index contributed by atoms with van der Waals surface area (Å²) in [6.07, 6.45) is -2.80. The highest BCUT2D eigenvalue weighted by Crippen LogP contribution is 2.31. The van der Waals surface area contributed by atoms with E-state index in [1.807, 2.05) is 29.1 Å². The number of alkyl halides is 3. The van der Waals surface area contributed by atoms with E-state index in [0.29, 0.717) is 13.1 Å². The summed E-state index contributed by atoms with van der Waals surface area (Å²) in [6, 6.07) is 3.50. The number of amides is 2. The van der Waals surface area contributed by atoms with Gasteiger partial charge >= 0.3 is 12.2 Å². The van der Waals surface area contributed by atoms with E-state index in [4.69, 9.17) is 0 Å². The van der Waals surface area contributed by atoms with Crippen LogP contribution in [-0.2, 0) is 6.54 Å². The summed E-state index contributed by atoms with van der Waals surface area (Å²) in [5.74, 6) is -0.830. The van der Waals surface area contributed by atoms with E-state index in [1.54, 1.807) is 0 Å². The third-order valence-corrected chi connectivity index (χ3v) is 3.92. The van der Waals surface area contributed by atoms with Gasteiger partial charge in [-0.2, -0.15) is 13.2 Å². The van der Waals surface area contributed by atoms with Crippen molar-refractivity contribution < 1.29 is 23.1 Å². The number of aliphatic hydroxyl groups is 1. The minimum atomic E-state index is -4.59. The van der Waals surface area contributed by atoms with Gasteiger partial charge in [-0.1, -0.05) is 0 Å². The van der Waals surface area contributed by atoms with Crippen molar-refractivity contribution in [3.05, 3.63) is 24.5 Å². The van der Waals surface area contributed by atoms with Gasteiger partial charge in [0.25, 0.3) is 0 Å². The molecule has 1 aromatic heterocycles. The topological polar surface area (TPSA) is 57.5 Å². The molecule has 1 aromatic rings. The Bertz CT molecular complexity index is 468. The van der Waals surface area contributed by atoms with Gasteiger partial charge in [-0.3, -0.25) is 0 Å². The summed E-state index contributed by atoms with van der Waals surface area (Å²) >= 11 is 0. The Hall–Kier alpha value is -1.70. The molecule has 0 spiro atoms. The predicted octanol–water partition coefficient (Wildman–Crippen LogP) is 1.83. The minimum Gasteiger partial charge on any atom is -0.383 e. The molecule has 0 aromatic carbocycles. The predicted molar refractivity (Wildman–Crippen MR) is 74.2 cm³/mol. The molecule has 5 nitrogen and oxygen atoms in total. The number of aliphatic hydroxyl groups excluding tert-OH is 1. The molecule has 2 heterocycles.